The van der Waals surface area contributed by atoms with Gasteiger partial charge in [0.15, 0.2) is 17.3 Å². The Kier molecular flexibility index (Phi) is 14.2. The number of aliphatic hydroxyl groups is 3. The van der Waals surface area contributed by atoms with Crippen LogP contribution in [0.2, 0.25) is 15.1 Å². The van der Waals surface area contributed by atoms with Gasteiger partial charge in [-0.1, -0.05) is 71.2 Å². The van der Waals surface area contributed by atoms with E-state index in [0.29, 0.717) is 31.8 Å². The van der Waals surface area contributed by atoms with Crippen LogP contribution in [-0.2, 0) is 31.5 Å². The second kappa shape index (κ2) is 17.6. The number of halogens is 3. The van der Waals surface area contributed by atoms with Gasteiger partial charge in [0.2, 0.25) is 0 Å². The normalized spacial score (nSPS) is 16.1. The number of allylic oxidation sites excluding steroid dienone is 3. The molecule has 3 aromatic rings. The molecule has 46 heavy (non-hydrogen) atoms. The molecule has 3 aliphatic rings. The molecule has 6 rings (SSSR count). The molecular formula is C36H33Cl3FeO6. The zero-order valence-corrected chi connectivity index (χ0v) is 28.1. The van der Waals surface area contributed by atoms with Crippen LogP contribution in [0.4, 0.5) is 0 Å². The largest absolute Gasteiger partial charge is 0.507 e. The van der Waals surface area contributed by atoms with Gasteiger partial charge >= 0.3 is 0 Å². The summed E-state index contributed by atoms with van der Waals surface area (Å²) in [5, 5.41) is 30.7. The van der Waals surface area contributed by atoms with Crippen LogP contribution in [-0.4, -0.2) is 32.7 Å². The number of carbonyl (C=O) groups excluding carboxylic acids is 3. The quantitative estimate of drug-likeness (QED) is 0.115. The molecule has 0 amide bonds. The minimum atomic E-state index is -0.00519. The Bertz CT molecular complexity index is 1460. The maximum Gasteiger partial charge on any atom is 0.162 e. The van der Waals surface area contributed by atoms with Crippen LogP contribution in [0.5, 0.6) is 0 Å². The van der Waals surface area contributed by atoms with E-state index in [2.05, 4.69) is 0 Å². The van der Waals surface area contributed by atoms with E-state index in [4.69, 9.17) is 34.8 Å². The molecule has 0 aromatic heterocycles. The third-order valence-corrected chi connectivity index (χ3v) is 7.84. The second-order valence-corrected chi connectivity index (χ2v) is 12.5. The Morgan fingerprint density at radius 3 is 0.935 bits per heavy atom. The van der Waals surface area contributed by atoms with Crippen LogP contribution in [0.25, 0.3) is 17.3 Å². The average Bonchev–Trinajstić information content (AvgIpc) is 3.84. The predicted octanol–water partition coefficient (Wildman–Crippen LogP) is 9.65. The van der Waals surface area contributed by atoms with Crippen LogP contribution in [0.1, 0.15) is 55.2 Å². The predicted molar refractivity (Wildman–Crippen MR) is 179 cm³/mol. The van der Waals surface area contributed by atoms with Crippen molar-refractivity contribution in [2.45, 2.75) is 38.5 Å². The van der Waals surface area contributed by atoms with Crippen LogP contribution in [0.15, 0.2) is 91.0 Å². The molecule has 3 fully saturated rings. The molecule has 3 N–H and O–H groups in total. The summed E-state index contributed by atoms with van der Waals surface area (Å²) >= 11 is 17.3. The van der Waals surface area contributed by atoms with Gasteiger partial charge in [0.25, 0.3) is 0 Å². The fourth-order valence-electron chi connectivity index (χ4n) is 4.05. The molecule has 3 aromatic carbocycles. The van der Waals surface area contributed by atoms with Gasteiger partial charge in [-0.2, -0.15) is 0 Å². The summed E-state index contributed by atoms with van der Waals surface area (Å²) in [5.41, 5.74) is 1.74. The molecule has 0 heterocycles. The standard InChI is InChI=1S/3C12H11ClO2.Fe/c3*13-10-3-1-2-9(6-10)12(15)7-11(14)8-4-5-8;/h3*1-3,6-8,15H,4-5H2;/b3*12-7-;. The number of hydrogen-bond donors (Lipinski definition) is 3. The van der Waals surface area contributed by atoms with Crippen molar-refractivity contribution in [3.63, 3.8) is 0 Å². The van der Waals surface area contributed by atoms with E-state index in [0.717, 1.165) is 38.5 Å². The van der Waals surface area contributed by atoms with Crippen molar-refractivity contribution in [1.29, 1.82) is 0 Å². The van der Waals surface area contributed by atoms with E-state index in [1.54, 1.807) is 72.8 Å². The van der Waals surface area contributed by atoms with Gasteiger partial charge in [-0.25, -0.2) is 0 Å². The van der Waals surface area contributed by atoms with Gasteiger partial charge in [-0.3, -0.25) is 14.4 Å². The molecule has 0 radical (unpaired) electrons. The van der Waals surface area contributed by atoms with E-state index in [9.17, 15) is 29.7 Å². The summed E-state index contributed by atoms with van der Waals surface area (Å²) in [4.78, 5) is 34.2. The number of benzene rings is 3. The van der Waals surface area contributed by atoms with E-state index < -0.39 is 0 Å². The summed E-state index contributed by atoms with van der Waals surface area (Å²) < 4.78 is 0. The Balaban J connectivity index is 0.000000186. The summed E-state index contributed by atoms with van der Waals surface area (Å²) in [6.45, 7) is 0. The molecule has 0 bridgehead atoms. The molecule has 0 unspecified atom stereocenters. The van der Waals surface area contributed by atoms with E-state index >= 15 is 0 Å². The van der Waals surface area contributed by atoms with Crippen molar-refractivity contribution in [1.82, 2.24) is 0 Å². The van der Waals surface area contributed by atoms with Gasteiger partial charge in [-0.05, 0) is 74.9 Å². The first kappa shape index (κ1) is 37.1. The van der Waals surface area contributed by atoms with Crippen LogP contribution < -0.4 is 0 Å². The van der Waals surface area contributed by atoms with Gasteiger partial charge in [-0.15, -0.1) is 0 Å². The topological polar surface area (TPSA) is 112 Å². The number of aliphatic hydroxyl groups excluding tert-OH is 3. The molecule has 0 atom stereocenters. The molecule has 0 aliphatic heterocycles. The first-order chi connectivity index (χ1) is 21.5. The maximum atomic E-state index is 11.4. The van der Waals surface area contributed by atoms with Crippen LogP contribution >= 0.6 is 34.8 Å². The summed E-state index contributed by atoms with van der Waals surface area (Å²) in [6.07, 6.45) is 9.54. The van der Waals surface area contributed by atoms with E-state index in [1.807, 2.05) is 0 Å². The maximum absolute atomic E-state index is 11.4. The fraction of sp³-hybridized carbons (Fsp3) is 0.250. The molecule has 10 heteroatoms. The van der Waals surface area contributed by atoms with Gasteiger partial charge < -0.3 is 15.3 Å². The minimum absolute atomic E-state index is 0. The minimum Gasteiger partial charge on any atom is -0.507 e. The van der Waals surface area contributed by atoms with Gasteiger partial charge in [0.1, 0.15) is 17.3 Å². The molecular weight excluding hydrogens is 691 g/mol. The Morgan fingerprint density at radius 2 is 0.739 bits per heavy atom. The molecule has 3 saturated carbocycles. The first-order valence-electron chi connectivity index (χ1n) is 14.6. The zero-order chi connectivity index (χ0) is 32.5. The van der Waals surface area contributed by atoms with Gasteiger partial charge in [0.05, 0.1) is 0 Å². The van der Waals surface area contributed by atoms with Crippen molar-refractivity contribution in [3.05, 3.63) is 123 Å². The second-order valence-electron chi connectivity index (χ2n) is 11.1. The number of rotatable bonds is 9. The third kappa shape index (κ3) is 12.5. The van der Waals surface area contributed by atoms with Crippen molar-refractivity contribution < 1.29 is 46.8 Å². The Hall–Kier alpha value is -3.32. The Labute approximate surface area is 293 Å². The summed E-state index contributed by atoms with van der Waals surface area (Å²) in [6, 6.07) is 20.4. The van der Waals surface area contributed by atoms with Crippen molar-refractivity contribution >= 4 is 69.4 Å². The molecule has 3 aliphatic carbocycles. The molecule has 0 spiro atoms. The first-order valence-corrected chi connectivity index (χ1v) is 15.7. The summed E-state index contributed by atoms with van der Waals surface area (Å²) in [5.74, 6) is 0.398. The monoisotopic (exact) mass is 722 g/mol. The number of carbonyl (C=O) groups is 3. The smallest absolute Gasteiger partial charge is 0.162 e. The van der Waals surface area contributed by atoms with Crippen LogP contribution in [0.3, 0.4) is 0 Å². The van der Waals surface area contributed by atoms with Gasteiger partial charge in [0, 0.05) is 84.8 Å². The molecule has 242 valence electrons. The fourth-order valence-corrected chi connectivity index (χ4v) is 4.63. The zero-order valence-electron chi connectivity index (χ0n) is 24.7. The third-order valence-electron chi connectivity index (χ3n) is 7.14. The average molecular weight is 724 g/mol. The van der Waals surface area contributed by atoms with E-state index in [1.165, 1.54) is 18.2 Å². The SMILES string of the molecule is O=C(/C=C(\O)c1cccc(Cl)c1)C1CC1.O=C(/C=C(\O)c1cccc(Cl)c1)C1CC1.O=C(/C=C(\O)c1cccc(Cl)c1)C1CC1.[Fe]. The number of ketones is 3. The van der Waals surface area contributed by atoms with Crippen molar-refractivity contribution in [3.8, 4) is 0 Å². The van der Waals surface area contributed by atoms with E-state index in [-0.39, 0.29) is 69.4 Å². The van der Waals surface area contributed by atoms with Crippen molar-refractivity contribution in [2.75, 3.05) is 0 Å². The molecule has 6 nitrogen and oxygen atoms in total. The molecule has 0 saturated heterocycles. The Morgan fingerprint density at radius 1 is 0.500 bits per heavy atom. The van der Waals surface area contributed by atoms with Crippen molar-refractivity contribution in [2.24, 2.45) is 17.8 Å². The summed E-state index contributed by atoms with van der Waals surface area (Å²) in [7, 11) is 0. The number of hydrogen-bond acceptors (Lipinski definition) is 6. The van der Waals surface area contributed by atoms with Crippen LogP contribution in [0, 0.1) is 17.8 Å².